The number of hydrogen-bond acceptors (Lipinski definition) is 5. The first-order valence-corrected chi connectivity index (χ1v) is 12.7. The summed E-state index contributed by atoms with van der Waals surface area (Å²) in [5.41, 5.74) is 0.738. The number of fused-ring (bicyclic) bond motifs is 1. The fourth-order valence-corrected chi connectivity index (χ4v) is 4.99. The maximum absolute atomic E-state index is 13.6. The van der Waals surface area contributed by atoms with E-state index in [0.717, 1.165) is 18.4 Å². The monoisotopic (exact) mass is 487 g/mol. The number of amides is 3. The van der Waals surface area contributed by atoms with Crippen LogP contribution in [-0.2, 0) is 11.2 Å². The van der Waals surface area contributed by atoms with Crippen LogP contribution in [0, 0.1) is 0 Å². The van der Waals surface area contributed by atoms with E-state index in [9.17, 15) is 9.59 Å². The number of carbonyl (C=O) groups is 2. The number of nitrogens with zero attached hydrogens (tertiary/aromatic N) is 2. The molecular weight excluding hydrogens is 450 g/mol. The highest BCUT2D eigenvalue weighted by molar-refractivity contribution is 7.10. The molecule has 0 saturated carbocycles. The van der Waals surface area contributed by atoms with Gasteiger partial charge in [0.15, 0.2) is 11.5 Å². The van der Waals surface area contributed by atoms with Gasteiger partial charge in [0, 0.05) is 23.0 Å². The van der Waals surface area contributed by atoms with Crippen LogP contribution in [0.25, 0.3) is 0 Å². The van der Waals surface area contributed by atoms with E-state index in [2.05, 4.69) is 16.8 Å². The largest absolute Gasteiger partial charge is 0.493 e. The van der Waals surface area contributed by atoms with Gasteiger partial charge < -0.3 is 24.6 Å². The van der Waals surface area contributed by atoms with Crippen molar-refractivity contribution in [1.82, 2.24) is 15.1 Å². The van der Waals surface area contributed by atoms with E-state index < -0.39 is 0 Å². The van der Waals surface area contributed by atoms with Crippen molar-refractivity contribution >= 4 is 23.3 Å². The first-order chi connectivity index (χ1) is 16.1. The highest BCUT2D eigenvalue weighted by atomic mass is 32.1. The van der Waals surface area contributed by atoms with Crippen LogP contribution in [0.1, 0.15) is 57.5 Å². The first kappa shape index (κ1) is 25.9. The first-order valence-electron chi connectivity index (χ1n) is 11.8. The molecule has 2 aromatic rings. The second kappa shape index (κ2) is 11.1. The number of benzene rings is 1. The quantitative estimate of drug-likeness (QED) is 0.577. The van der Waals surface area contributed by atoms with Crippen molar-refractivity contribution in [2.24, 2.45) is 0 Å². The van der Waals surface area contributed by atoms with Crippen LogP contribution in [0.3, 0.4) is 0 Å². The molecule has 2 heterocycles. The Bertz CT molecular complexity index is 984. The molecule has 0 fully saturated rings. The molecule has 1 aromatic heterocycles. The molecule has 1 N–H and O–H groups in total. The Balaban J connectivity index is 1.80. The maximum Gasteiger partial charge on any atom is 0.318 e. The van der Waals surface area contributed by atoms with Crippen LogP contribution in [-0.4, -0.2) is 60.1 Å². The Morgan fingerprint density at radius 2 is 1.94 bits per heavy atom. The van der Waals surface area contributed by atoms with Gasteiger partial charge in [-0.1, -0.05) is 19.1 Å². The molecule has 0 aliphatic carbocycles. The van der Waals surface area contributed by atoms with Crippen LogP contribution in [0.5, 0.6) is 11.5 Å². The minimum absolute atomic E-state index is 0.0293. The second-order valence-electron chi connectivity index (χ2n) is 9.68. The summed E-state index contributed by atoms with van der Waals surface area (Å²) in [6.45, 7) is 10.8. The summed E-state index contributed by atoms with van der Waals surface area (Å²) in [4.78, 5) is 31.4. The van der Waals surface area contributed by atoms with E-state index in [0.29, 0.717) is 24.7 Å². The van der Waals surface area contributed by atoms with E-state index in [1.807, 2.05) is 63.8 Å². The molecule has 34 heavy (non-hydrogen) atoms. The van der Waals surface area contributed by atoms with Crippen molar-refractivity contribution in [1.29, 1.82) is 0 Å². The molecule has 1 aromatic carbocycles. The van der Waals surface area contributed by atoms with Crippen molar-refractivity contribution in [3.63, 3.8) is 0 Å². The van der Waals surface area contributed by atoms with E-state index in [-0.39, 0.29) is 36.1 Å². The van der Waals surface area contributed by atoms with Crippen LogP contribution in [0.15, 0.2) is 35.7 Å². The number of carbonyl (C=O) groups excluding carboxylic acids is 2. The van der Waals surface area contributed by atoms with Gasteiger partial charge in [0.2, 0.25) is 5.91 Å². The third kappa shape index (κ3) is 6.23. The highest BCUT2D eigenvalue weighted by Crippen LogP contribution is 2.35. The lowest BCUT2D eigenvalue weighted by Gasteiger charge is -2.38. The number of hydrogen-bond donors (Lipinski definition) is 1. The molecule has 0 bridgehead atoms. The summed E-state index contributed by atoms with van der Waals surface area (Å²) in [6, 6.07) is 9.09. The molecule has 0 spiro atoms. The molecule has 2 atom stereocenters. The molecule has 3 rings (SSSR count). The fourth-order valence-electron chi connectivity index (χ4n) is 4.06. The minimum atomic E-state index is -0.381. The van der Waals surface area contributed by atoms with Crippen molar-refractivity contribution in [2.45, 2.75) is 65.1 Å². The van der Waals surface area contributed by atoms with E-state index in [1.54, 1.807) is 23.3 Å². The van der Waals surface area contributed by atoms with Gasteiger partial charge >= 0.3 is 6.03 Å². The van der Waals surface area contributed by atoms with Crippen molar-refractivity contribution in [2.75, 3.05) is 26.8 Å². The van der Waals surface area contributed by atoms with Crippen LogP contribution in [0.4, 0.5) is 4.79 Å². The number of methoxy groups -OCH3 is 1. The molecule has 0 saturated heterocycles. The van der Waals surface area contributed by atoms with Gasteiger partial charge in [0.05, 0.1) is 13.2 Å². The average molecular weight is 488 g/mol. The summed E-state index contributed by atoms with van der Waals surface area (Å²) >= 11 is 1.71. The third-order valence-corrected chi connectivity index (χ3v) is 7.05. The maximum atomic E-state index is 13.6. The molecule has 7 nitrogen and oxygen atoms in total. The normalized spacial score (nSPS) is 16.4. The smallest absolute Gasteiger partial charge is 0.318 e. The number of rotatable bonds is 8. The van der Waals surface area contributed by atoms with Gasteiger partial charge in [0.25, 0.3) is 0 Å². The number of nitrogens with one attached hydrogen (secondary N) is 1. The summed E-state index contributed by atoms with van der Waals surface area (Å²) in [7, 11) is 1.61. The fraction of sp³-hybridized carbons (Fsp3) is 0.538. The molecular formula is C26H37N3O4S. The van der Waals surface area contributed by atoms with Crippen LogP contribution >= 0.6 is 11.3 Å². The van der Waals surface area contributed by atoms with Gasteiger partial charge in [-0.25, -0.2) is 4.79 Å². The van der Waals surface area contributed by atoms with Gasteiger partial charge in [-0.3, -0.25) is 4.79 Å². The summed E-state index contributed by atoms with van der Waals surface area (Å²) in [5.74, 6) is 1.23. The predicted octanol–water partition coefficient (Wildman–Crippen LogP) is 4.87. The number of urea groups is 1. The Labute approximate surface area is 207 Å². The molecule has 1 aliphatic rings. The zero-order chi connectivity index (χ0) is 24.9. The number of ether oxygens (including phenoxy) is 2. The molecule has 1 aliphatic heterocycles. The third-order valence-electron chi connectivity index (χ3n) is 6.05. The average Bonchev–Trinajstić information content (AvgIpc) is 3.28. The van der Waals surface area contributed by atoms with Crippen molar-refractivity contribution in [3.8, 4) is 11.5 Å². The standard InChI is InChI=1S/C26H37N3O4S/c1-7-18(2)29(25(31)27-26(3,4)5)16-24(30)28-14-12-23-19(13-15-34-23)20(28)17-33-22-11-9-8-10-21(22)32-6/h8-11,13,15,18,20H,7,12,14,16-17H2,1-6H3,(H,27,31)/t18-,20+/m1/s1. The molecule has 0 unspecified atom stereocenters. The van der Waals surface area contributed by atoms with Gasteiger partial charge in [-0.05, 0) is 69.7 Å². The molecule has 3 amide bonds. The number of thiophene rings is 1. The van der Waals surface area contributed by atoms with E-state index >= 15 is 0 Å². The van der Waals surface area contributed by atoms with Crippen LogP contribution < -0.4 is 14.8 Å². The minimum Gasteiger partial charge on any atom is -0.493 e. The van der Waals surface area contributed by atoms with E-state index in [1.165, 1.54) is 4.88 Å². The Hall–Kier alpha value is -2.74. The summed E-state index contributed by atoms with van der Waals surface area (Å²) in [6.07, 6.45) is 1.57. The Kier molecular flexibility index (Phi) is 8.47. The van der Waals surface area contributed by atoms with Gasteiger partial charge in [0.1, 0.15) is 13.2 Å². The molecule has 8 heteroatoms. The Morgan fingerprint density at radius 3 is 2.59 bits per heavy atom. The molecule has 0 radical (unpaired) electrons. The van der Waals surface area contributed by atoms with Gasteiger partial charge in [-0.2, -0.15) is 0 Å². The van der Waals surface area contributed by atoms with E-state index in [4.69, 9.17) is 9.47 Å². The predicted molar refractivity (Wildman–Crippen MR) is 136 cm³/mol. The van der Waals surface area contributed by atoms with Crippen molar-refractivity contribution in [3.05, 3.63) is 46.2 Å². The van der Waals surface area contributed by atoms with Crippen LogP contribution in [0.2, 0.25) is 0 Å². The van der Waals surface area contributed by atoms with Crippen molar-refractivity contribution < 1.29 is 19.1 Å². The van der Waals surface area contributed by atoms with Gasteiger partial charge in [-0.15, -0.1) is 11.3 Å². The second-order valence-corrected chi connectivity index (χ2v) is 10.7. The summed E-state index contributed by atoms with van der Waals surface area (Å²) in [5, 5.41) is 5.07. The molecule has 186 valence electrons. The number of para-hydroxylation sites is 2. The lowest BCUT2D eigenvalue weighted by Crippen LogP contribution is -2.55. The Morgan fingerprint density at radius 1 is 1.24 bits per heavy atom. The topological polar surface area (TPSA) is 71.1 Å². The summed E-state index contributed by atoms with van der Waals surface area (Å²) < 4.78 is 11.6. The lowest BCUT2D eigenvalue weighted by molar-refractivity contribution is -0.136. The SMILES string of the molecule is CC[C@@H](C)N(CC(=O)N1CCc2sccc2[C@@H]1COc1ccccc1OC)C(=O)NC(C)(C)C. The zero-order valence-corrected chi connectivity index (χ0v) is 21.9. The lowest BCUT2D eigenvalue weighted by atomic mass is 10.00. The highest BCUT2D eigenvalue weighted by Gasteiger charge is 2.35. The zero-order valence-electron chi connectivity index (χ0n) is 21.1.